The molecule has 0 bridgehead atoms. The normalized spacial score (nSPS) is 12.1. The third-order valence-electron chi connectivity index (χ3n) is 4.40. The Bertz CT molecular complexity index is 1100. The van der Waals surface area contributed by atoms with Crippen LogP contribution in [0.25, 0.3) is 10.9 Å². The Labute approximate surface area is 181 Å². The minimum Gasteiger partial charge on any atom is -0.383 e. The Morgan fingerprint density at radius 3 is 2.79 bits per heavy atom. The third-order valence-corrected chi connectivity index (χ3v) is 6.24. The number of nitrogens with one attached hydrogen (secondary N) is 1. The number of benzene rings is 2. The molecule has 3 rings (SSSR count). The number of halogens is 1. The van der Waals surface area contributed by atoms with Gasteiger partial charge in [0.1, 0.15) is 0 Å². The van der Waals surface area contributed by atoms with Crippen LogP contribution in [-0.2, 0) is 9.53 Å². The molecule has 0 saturated heterocycles. The molecule has 0 radical (unpaired) electrons. The zero-order chi connectivity index (χ0) is 21.0. The number of nitrogens with zero attached hydrogens (tertiary/aromatic N) is 2. The first kappa shape index (κ1) is 21.5. The number of methoxy groups -OCH3 is 1. The number of ether oxygens (including phenoxy) is 1. The number of hydrogen-bond acceptors (Lipinski definition) is 5. The van der Waals surface area contributed by atoms with Crippen LogP contribution in [-0.4, -0.2) is 34.9 Å². The minimum absolute atomic E-state index is 0.133. The SMILES string of the molecule is COCC(C)n1c(SCC(=O)Nc2ccc(Br)c(C)c2)nc2ccccc2c1=O. The lowest BCUT2D eigenvalue weighted by Gasteiger charge is -2.18. The van der Waals surface area contributed by atoms with Crippen molar-refractivity contribution in [3.8, 4) is 0 Å². The first-order valence-electron chi connectivity index (χ1n) is 9.09. The highest BCUT2D eigenvalue weighted by molar-refractivity contribution is 9.10. The van der Waals surface area contributed by atoms with Crippen LogP contribution in [0.2, 0.25) is 0 Å². The summed E-state index contributed by atoms with van der Waals surface area (Å²) in [4.78, 5) is 30.1. The van der Waals surface area contributed by atoms with Crippen molar-refractivity contribution in [1.29, 1.82) is 0 Å². The van der Waals surface area contributed by atoms with Gasteiger partial charge >= 0.3 is 0 Å². The summed E-state index contributed by atoms with van der Waals surface area (Å²) >= 11 is 4.69. The van der Waals surface area contributed by atoms with E-state index in [1.807, 2.05) is 44.2 Å². The summed E-state index contributed by atoms with van der Waals surface area (Å²) < 4.78 is 7.82. The van der Waals surface area contributed by atoms with E-state index in [2.05, 4.69) is 26.2 Å². The van der Waals surface area contributed by atoms with Gasteiger partial charge in [0, 0.05) is 17.3 Å². The average molecular weight is 476 g/mol. The number of aryl methyl sites for hydroxylation is 1. The van der Waals surface area contributed by atoms with Crippen molar-refractivity contribution in [2.75, 3.05) is 24.8 Å². The molecule has 1 aromatic heterocycles. The van der Waals surface area contributed by atoms with Crippen molar-refractivity contribution in [1.82, 2.24) is 9.55 Å². The molecule has 0 spiro atoms. The number of amides is 1. The average Bonchev–Trinajstić information content (AvgIpc) is 2.69. The van der Waals surface area contributed by atoms with Gasteiger partial charge < -0.3 is 10.1 Å². The Morgan fingerprint density at radius 2 is 2.07 bits per heavy atom. The second kappa shape index (κ2) is 9.56. The lowest BCUT2D eigenvalue weighted by atomic mass is 10.2. The lowest BCUT2D eigenvalue weighted by Crippen LogP contribution is -2.29. The number of anilines is 1. The van der Waals surface area contributed by atoms with E-state index in [9.17, 15) is 9.59 Å². The highest BCUT2D eigenvalue weighted by Gasteiger charge is 2.17. The van der Waals surface area contributed by atoms with Crippen LogP contribution in [0.5, 0.6) is 0 Å². The zero-order valence-corrected chi connectivity index (χ0v) is 18.8. The van der Waals surface area contributed by atoms with Crippen molar-refractivity contribution >= 4 is 50.2 Å². The molecule has 1 atom stereocenters. The van der Waals surface area contributed by atoms with Crippen LogP contribution in [0, 0.1) is 6.92 Å². The maximum atomic E-state index is 13.0. The van der Waals surface area contributed by atoms with E-state index in [0.717, 1.165) is 15.7 Å². The molecule has 6 nitrogen and oxygen atoms in total. The zero-order valence-electron chi connectivity index (χ0n) is 16.4. The van der Waals surface area contributed by atoms with Gasteiger partial charge in [0.15, 0.2) is 5.16 Å². The van der Waals surface area contributed by atoms with Crippen LogP contribution in [0.15, 0.2) is 56.9 Å². The molecule has 8 heteroatoms. The van der Waals surface area contributed by atoms with Gasteiger partial charge in [-0.15, -0.1) is 0 Å². The summed E-state index contributed by atoms with van der Waals surface area (Å²) in [7, 11) is 1.59. The topological polar surface area (TPSA) is 73.2 Å². The third kappa shape index (κ3) is 5.07. The van der Waals surface area contributed by atoms with Crippen LogP contribution in [0.4, 0.5) is 5.69 Å². The van der Waals surface area contributed by atoms with Gasteiger partial charge in [0.2, 0.25) is 5.91 Å². The van der Waals surface area contributed by atoms with Gasteiger partial charge in [-0.05, 0) is 49.7 Å². The Morgan fingerprint density at radius 1 is 1.31 bits per heavy atom. The molecular formula is C21H22BrN3O3S. The second-order valence-electron chi connectivity index (χ2n) is 6.69. The number of carbonyl (C=O) groups is 1. The van der Waals surface area contributed by atoms with Gasteiger partial charge in [-0.25, -0.2) is 4.98 Å². The molecule has 0 aliphatic carbocycles. The molecule has 152 valence electrons. The van der Waals surface area contributed by atoms with Crippen LogP contribution in [0.1, 0.15) is 18.5 Å². The fraction of sp³-hybridized carbons (Fsp3) is 0.286. The Hall–Kier alpha value is -2.16. The predicted molar refractivity (Wildman–Crippen MR) is 121 cm³/mol. The van der Waals surface area contributed by atoms with E-state index in [-0.39, 0.29) is 23.3 Å². The van der Waals surface area contributed by atoms with Crippen molar-refractivity contribution < 1.29 is 9.53 Å². The van der Waals surface area contributed by atoms with Gasteiger partial charge in [-0.3, -0.25) is 14.2 Å². The summed E-state index contributed by atoms with van der Waals surface area (Å²) in [5.74, 6) is -0.0235. The summed E-state index contributed by atoms with van der Waals surface area (Å²) in [6.07, 6.45) is 0. The molecule has 1 N–H and O–H groups in total. The molecule has 29 heavy (non-hydrogen) atoms. The molecule has 3 aromatic rings. The van der Waals surface area contributed by atoms with E-state index >= 15 is 0 Å². The smallest absolute Gasteiger partial charge is 0.262 e. The molecule has 0 aliphatic rings. The predicted octanol–water partition coefficient (Wildman–Crippen LogP) is 4.41. The van der Waals surface area contributed by atoms with E-state index in [0.29, 0.717) is 22.7 Å². The number of thioether (sulfide) groups is 1. The van der Waals surface area contributed by atoms with E-state index < -0.39 is 0 Å². The number of hydrogen-bond donors (Lipinski definition) is 1. The fourth-order valence-corrected chi connectivity index (χ4v) is 4.13. The maximum Gasteiger partial charge on any atom is 0.262 e. The number of rotatable bonds is 7. The lowest BCUT2D eigenvalue weighted by molar-refractivity contribution is -0.113. The van der Waals surface area contributed by atoms with Gasteiger partial charge in [0.25, 0.3) is 5.56 Å². The van der Waals surface area contributed by atoms with E-state index in [4.69, 9.17) is 4.74 Å². The van der Waals surface area contributed by atoms with E-state index in [1.165, 1.54) is 11.8 Å². The number of fused-ring (bicyclic) bond motifs is 1. The molecule has 0 fully saturated rings. The molecule has 1 heterocycles. The number of para-hydroxylation sites is 1. The quantitative estimate of drug-likeness (QED) is 0.404. The molecule has 1 amide bonds. The summed E-state index contributed by atoms with van der Waals surface area (Å²) in [5, 5.41) is 3.94. The van der Waals surface area contributed by atoms with Crippen LogP contribution >= 0.6 is 27.7 Å². The van der Waals surface area contributed by atoms with Gasteiger partial charge in [0.05, 0.1) is 29.3 Å². The highest BCUT2D eigenvalue weighted by atomic mass is 79.9. The highest BCUT2D eigenvalue weighted by Crippen LogP contribution is 2.23. The summed E-state index contributed by atoms with van der Waals surface area (Å²) in [5.41, 5.74) is 2.25. The van der Waals surface area contributed by atoms with E-state index in [1.54, 1.807) is 23.8 Å². The maximum absolute atomic E-state index is 13.0. The molecule has 0 aliphatic heterocycles. The minimum atomic E-state index is -0.204. The summed E-state index contributed by atoms with van der Waals surface area (Å²) in [6, 6.07) is 12.7. The van der Waals surface area contributed by atoms with Crippen molar-refractivity contribution in [2.24, 2.45) is 0 Å². The van der Waals surface area contributed by atoms with Gasteiger partial charge in [-0.1, -0.05) is 39.8 Å². The first-order chi connectivity index (χ1) is 13.9. The fourth-order valence-electron chi connectivity index (χ4n) is 2.98. The first-order valence-corrected chi connectivity index (χ1v) is 10.9. The Kier molecular flexibility index (Phi) is 7.10. The van der Waals surface area contributed by atoms with Crippen LogP contribution in [0.3, 0.4) is 0 Å². The monoisotopic (exact) mass is 475 g/mol. The van der Waals surface area contributed by atoms with Crippen molar-refractivity contribution in [3.63, 3.8) is 0 Å². The summed E-state index contributed by atoms with van der Waals surface area (Å²) in [6.45, 7) is 4.23. The number of carbonyl (C=O) groups excluding carboxylic acids is 1. The van der Waals surface area contributed by atoms with Crippen LogP contribution < -0.4 is 10.9 Å². The molecule has 1 unspecified atom stereocenters. The number of aromatic nitrogens is 2. The van der Waals surface area contributed by atoms with Crippen molar-refractivity contribution in [2.45, 2.75) is 25.0 Å². The molecule has 0 saturated carbocycles. The second-order valence-corrected chi connectivity index (χ2v) is 8.49. The van der Waals surface area contributed by atoms with Gasteiger partial charge in [-0.2, -0.15) is 0 Å². The molecule has 2 aromatic carbocycles. The van der Waals surface area contributed by atoms with Crippen molar-refractivity contribution in [3.05, 3.63) is 62.9 Å². The standard InChI is InChI=1S/C21H22BrN3O3S/c1-13-10-15(8-9-17(13)22)23-19(26)12-29-21-24-18-7-5-4-6-16(18)20(27)25(21)14(2)11-28-3/h4-10,14H,11-12H2,1-3H3,(H,23,26). The largest absolute Gasteiger partial charge is 0.383 e. The molecular weight excluding hydrogens is 454 g/mol. The Balaban J connectivity index is 1.84.